The van der Waals surface area contributed by atoms with Crippen LogP contribution in [0.1, 0.15) is 50.7 Å². The van der Waals surface area contributed by atoms with E-state index >= 15 is 0 Å². The van der Waals surface area contributed by atoms with Crippen molar-refractivity contribution in [2.24, 2.45) is 0 Å². The van der Waals surface area contributed by atoms with E-state index in [9.17, 15) is 0 Å². The second-order valence-electron chi connectivity index (χ2n) is 13.3. The van der Waals surface area contributed by atoms with Gasteiger partial charge in [0.05, 0.1) is 0 Å². The van der Waals surface area contributed by atoms with E-state index in [1.165, 1.54) is 87.0 Å². The maximum absolute atomic E-state index is 2.63. The topological polar surface area (TPSA) is 3.24 Å². The largest absolute Gasteiger partial charge is 0.311 e. The zero-order valence-electron chi connectivity index (χ0n) is 26.1. The van der Waals surface area contributed by atoms with Crippen molar-refractivity contribution in [1.82, 2.24) is 0 Å². The molecule has 2 aliphatic heterocycles. The molecule has 0 N–H and O–H groups in total. The van der Waals surface area contributed by atoms with Gasteiger partial charge in [-0.3, -0.25) is 0 Å². The zero-order valence-corrected chi connectivity index (χ0v) is 27.0. The first-order valence-electron chi connectivity index (χ1n) is 16.2. The van der Waals surface area contributed by atoms with Crippen LogP contribution in [0.15, 0.2) is 121 Å². The number of rotatable bonds is 4. The zero-order chi connectivity index (χ0) is 30.4. The van der Waals surface area contributed by atoms with E-state index in [4.69, 9.17) is 0 Å². The summed E-state index contributed by atoms with van der Waals surface area (Å²) in [7, 11) is 0. The lowest BCUT2D eigenvalue weighted by Gasteiger charge is -2.39. The Labute approximate surface area is 269 Å². The summed E-state index contributed by atoms with van der Waals surface area (Å²) in [6.45, 7) is 9.53. The number of nitrogens with zero attached hydrogens (tertiary/aromatic N) is 1. The second kappa shape index (κ2) is 9.96. The third kappa shape index (κ3) is 3.87. The number of hydrogen-bond acceptors (Lipinski definition) is 2. The standard InChI is InChI=1S/C42H34BNS/c1-25(2)29-12-6-9-18-37(29)44-38-24-28(27-20-21-40-33(22-27)32-14-7-10-19-39(32)45-40)23-34-31-13-5-8-16-35(31)43(41(34)38)36-17-11-15-30(26(3)4)42(36)44/h5-26H,1-4H3. The Morgan fingerprint density at radius 2 is 1.24 bits per heavy atom. The summed E-state index contributed by atoms with van der Waals surface area (Å²) >= 11 is 1.88. The molecule has 0 spiro atoms. The fraction of sp³-hybridized carbons (Fsp3) is 0.143. The predicted molar refractivity (Wildman–Crippen MR) is 198 cm³/mol. The molecule has 3 heteroatoms. The van der Waals surface area contributed by atoms with E-state index in [0.29, 0.717) is 11.8 Å². The minimum absolute atomic E-state index is 0.222. The highest BCUT2D eigenvalue weighted by Crippen LogP contribution is 2.47. The lowest BCUT2D eigenvalue weighted by Crippen LogP contribution is -2.55. The van der Waals surface area contributed by atoms with Gasteiger partial charge in [-0.25, -0.2) is 0 Å². The van der Waals surface area contributed by atoms with Crippen LogP contribution < -0.4 is 21.3 Å². The molecule has 45 heavy (non-hydrogen) atoms. The summed E-state index contributed by atoms with van der Waals surface area (Å²) in [4.78, 5) is 2.63. The van der Waals surface area contributed by atoms with Gasteiger partial charge in [-0.2, -0.15) is 0 Å². The Morgan fingerprint density at radius 1 is 0.533 bits per heavy atom. The summed E-state index contributed by atoms with van der Waals surface area (Å²) in [5.74, 6) is 0.792. The van der Waals surface area contributed by atoms with Crippen molar-refractivity contribution in [2.45, 2.75) is 39.5 Å². The molecule has 0 saturated carbocycles. The minimum atomic E-state index is 0.222. The van der Waals surface area contributed by atoms with Crippen LogP contribution in [0.4, 0.5) is 17.1 Å². The summed E-state index contributed by atoms with van der Waals surface area (Å²) in [6, 6.07) is 46.0. The highest BCUT2D eigenvalue weighted by Gasteiger charge is 2.44. The molecular formula is C42H34BNS. The summed E-state index contributed by atoms with van der Waals surface area (Å²) in [5.41, 5.74) is 16.3. The van der Waals surface area contributed by atoms with Gasteiger partial charge >= 0.3 is 0 Å². The van der Waals surface area contributed by atoms with Gasteiger partial charge < -0.3 is 4.90 Å². The first kappa shape index (κ1) is 26.8. The molecule has 1 aromatic heterocycles. The summed E-state index contributed by atoms with van der Waals surface area (Å²) in [6.07, 6.45) is 0. The van der Waals surface area contributed by atoms with Crippen LogP contribution in [0, 0.1) is 0 Å². The van der Waals surface area contributed by atoms with E-state index in [-0.39, 0.29) is 6.71 Å². The molecule has 9 rings (SSSR count). The summed E-state index contributed by atoms with van der Waals surface area (Å²) < 4.78 is 2.69. The molecule has 0 atom stereocenters. The fourth-order valence-electron chi connectivity index (χ4n) is 7.98. The van der Waals surface area contributed by atoms with E-state index in [2.05, 4.69) is 154 Å². The van der Waals surface area contributed by atoms with Gasteiger partial charge in [0.15, 0.2) is 0 Å². The van der Waals surface area contributed by atoms with Crippen LogP contribution in [0.3, 0.4) is 0 Å². The Balaban J connectivity index is 1.39. The molecule has 0 saturated heterocycles. The van der Waals surface area contributed by atoms with E-state index in [1.807, 2.05) is 11.3 Å². The minimum Gasteiger partial charge on any atom is -0.311 e. The predicted octanol–water partition coefficient (Wildman–Crippen LogP) is 10.2. The first-order valence-corrected chi connectivity index (χ1v) is 17.0. The Hall–Kier alpha value is -4.60. The monoisotopic (exact) mass is 595 g/mol. The number of benzene rings is 6. The maximum Gasteiger partial charge on any atom is 0.248 e. The molecule has 216 valence electrons. The van der Waals surface area contributed by atoms with Gasteiger partial charge in [0.25, 0.3) is 0 Å². The third-order valence-electron chi connectivity index (χ3n) is 10.0. The Morgan fingerprint density at radius 3 is 2.11 bits per heavy atom. The lowest BCUT2D eigenvalue weighted by molar-refractivity contribution is 0.855. The molecule has 0 unspecified atom stereocenters. The first-order chi connectivity index (χ1) is 22.0. The fourth-order valence-corrected chi connectivity index (χ4v) is 9.07. The maximum atomic E-state index is 2.63. The smallest absolute Gasteiger partial charge is 0.248 e. The van der Waals surface area contributed by atoms with E-state index < -0.39 is 0 Å². The van der Waals surface area contributed by atoms with E-state index in [1.54, 1.807) is 0 Å². The SMILES string of the molecule is CC(C)c1ccccc1N1c2cc(-c3ccc4sc5ccccc5c4c3)cc3c2B(c2ccccc2-3)c2cccc(C(C)C)c21. The highest BCUT2D eigenvalue weighted by atomic mass is 32.1. The van der Waals surface area contributed by atoms with Crippen LogP contribution in [0.2, 0.25) is 0 Å². The van der Waals surface area contributed by atoms with Crippen molar-refractivity contribution in [2.75, 3.05) is 4.90 Å². The average molecular weight is 596 g/mol. The molecule has 6 aromatic carbocycles. The van der Waals surface area contributed by atoms with Crippen molar-refractivity contribution in [1.29, 1.82) is 0 Å². The number of hydrogen-bond donors (Lipinski definition) is 0. The average Bonchev–Trinajstić information content (AvgIpc) is 3.61. The van der Waals surface area contributed by atoms with Gasteiger partial charge in [-0.15, -0.1) is 11.3 Å². The Kier molecular flexibility index (Phi) is 5.92. The lowest BCUT2D eigenvalue weighted by atomic mass is 9.37. The quantitative estimate of drug-likeness (QED) is 0.183. The van der Waals surface area contributed by atoms with Gasteiger partial charge in [-0.05, 0) is 92.5 Å². The molecule has 0 aliphatic carbocycles. The van der Waals surface area contributed by atoms with E-state index in [0.717, 1.165) is 0 Å². The van der Waals surface area contributed by atoms with Gasteiger partial charge in [0.1, 0.15) is 0 Å². The molecule has 3 heterocycles. The number of para-hydroxylation sites is 2. The number of fused-ring (bicyclic) bond motifs is 8. The molecule has 7 aromatic rings. The van der Waals surface area contributed by atoms with Gasteiger partial charge in [-0.1, -0.05) is 118 Å². The molecule has 1 nitrogen and oxygen atoms in total. The van der Waals surface area contributed by atoms with Gasteiger partial charge in [0.2, 0.25) is 6.71 Å². The van der Waals surface area contributed by atoms with Crippen molar-refractivity contribution in [3.8, 4) is 22.3 Å². The highest BCUT2D eigenvalue weighted by molar-refractivity contribution is 7.25. The number of anilines is 3. The molecule has 0 radical (unpaired) electrons. The van der Waals surface area contributed by atoms with Crippen LogP contribution >= 0.6 is 11.3 Å². The molecular weight excluding hydrogens is 561 g/mol. The van der Waals surface area contributed by atoms with Gasteiger partial charge in [0, 0.05) is 37.2 Å². The van der Waals surface area contributed by atoms with Crippen molar-refractivity contribution >= 4 is 71.7 Å². The van der Waals surface area contributed by atoms with Crippen molar-refractivity contribution in [3.05, 3.63) is 132 Å². The molecule has 0 amide bonds. The summed E-state index contributed by atoms with van der Waals surface area (Å²) in [5, 5.41) is 2.69. The molecule has 2 aliphatic rings. The van der Waals surface area contributed by atoms with Crippen molar-refractivity contribution in [3.63, 3.8) is 0 Å². The van der Waals surface area contributed by atoms with Crippen molar-refractivity contribution < 1.29 is 0 Å². The second-order valence-corrected chi connectivity index (χ2v) is 14.4. The van der Waals surface area contributed by atoms with Crippen LogP contribution in [0.25, 0.3) is 42.4 Å². The third-order valence-corrected chi connectivity index (χ3v) is 11.2. The molecule has 0 bridgehead atoms. The van der Waals surface area contributed by atoms with Crippen LogP contribution in [-0.4, -0.2) is 6.71 Å². The van der Waals surface area contributed by atoms with Crippen LogP contribution in [-0.2, 0) is 0 Å². The van der Waals surface area contributed by atoms with Crippen LogP contribution in [0.5, 0.6) is 0 Å². The molecule has 0 fully saturated rings. The number of thiophene rings is 1. The Bertz CT molecular complexity index is 2310. The normalized spacial score (nSPS) is 13.2.